The van der Waals surface area contributed by atoms with E-state index in [2.05, 4.69) is 5.32 Å². The summed E-state index contributed by atoms with van der Waals surface area (Å²) in [5.74, 6) is 0.663. The molecule has 0 saturated heterocycles. The van der Waals surface area contributed by atoms with Crippen LogP contribution in [0, 0.1) is 6.92 Å². The maximum absolute atomic E-state index is 11.8. The Morgan fingerprint density at radius 3 is 2.28 bits per heavy atom. The van der Waals surface area contributed by atoms with Crippen molar-refractivity contribution in [2.24, 2.45) is 0 Å². The molecule has 1 aromatic heterocycles. The van der Waals surface area contributed by atoms with E-state index in [0.717, 1.165) is 10.6 Å². The van der Waals surface area contributed by atoms with E-state index in [4.69, 9.17) is 14.2 Å². The highest BCUT2D eigenvalue weighted by atomic mass is 32.1. The van der Waals surface area contributed by atoms with Gasteiger partial charge >= 0.3 is 5.97 Å². The van der Waals surface area contributed by atoms with Crippen LogP contribution >= 0.6 is 11.3 Å². The first-order valence-corrected chi connectivity index (χ1v) is 8.76. The minimum absolute atomic E-state index is 0.111. The molecular weight excluding hydrogens is 342 g/mol. The predicted octanol–water partition coefficient (Wildman–Crippen LogP) is 2.81. The minimum Gasteiger partial charge on any atom is -0.494 e. The molecule has 1 amide bonds. The number of benzene rings is 1. The third kappa shape index (κ3) is 6.46. The quantitative estimate of drug-likeness (QED) is 0.548. The maximum Gasteiger partial charge on any atom is 0.325 e. The number of carbonyl (C=O) groups excluding carboxylic acids is 2. The van der Waals surface area contributed by atoms with E-state index in [1.54, 1.807) is 18.2 Å². The molecule has 1 N–H and O–H groups in total. The van der Waals surface area contributed by atoms with Gasteiger partial charge in [-0.15, -0.1) is 11.3 Å². The molecule has 0 bridgehead atoms. The average molecular weight is 363 g/mol. The number of esters is 1. The van der Waals surface area contributed by atoms with Crippen LogP contribution in [0.2, 0.25) is 0 Å². The number of amides is 1. The zero-order chi connectivity index (χ0) is 18.1. The lowest BCUT2D eigenvalue weighted by Crippen LogP contribution is -2.30. The Labute approximate surface area is 150 Å². The third-order valence-electron chi connectivity index (χ3n) is 3.11. The number of carbonyl (C=O) groups is 2. The van der Waals surface area contributed by atoms with Crippen molar-refractivity contribution in [1.82, 2.24) is 5.32 Å². The van der Waals surface area contributed by atoms with E-state index in [1.807, 2.05) is 32.0 Å². The smallest absolute Gasteiger partial charge is 0.325 e. The Hall–Kier alpha value is -2.54. The van der Waals surface area contributed by atoms with Gasteiger partial charge < -0.3 is 19.5 Å². The predicted molar refractivity (Wildman–Crippen MR) is 95.5 cm³/mol. The fourth-order valence-corrected chi connectivity index (χ4v) is 2.74. The van der Waals surface area contributed by atoms with Crippen molar-refractivity contribution >= 4 is 23.2 Å². The number of thiophene rings is 1. The van der Waals surface area contributed by atoms with Crippen LogP contribution in [0.3, 0.4) is 0 Å². The molecule has 0 radical (unpaired) electrons. The average Bonchev–Trinajstić information content (AvgIpc) is 3.05. The lowest BCUT2D eigenvalue weighted by atomic mass is 10.3. The van der Waals surface area contributed by atoms with E-state index in [-0.39, 0.29) is 25.7 Å². The summed E-state index contributed by atoms with van der Waals surface area (Å²) < 4.78 is 15.8. The van der Waals surface area contributed by atoms with Crippen molar-refractivity contribution in [2.45, 2.75) is 13.8 Å². The number of rotatable bonds is 9. The van der Waals surface area contributed by atoms with Gasteiger partial charge in [0.25, 0.3) is 5.91 Å². The van der Waals surface area contributed by atoms with Crippen molar-refractivity contribution in [3.8, 4) is 11.5 Å². The van der Waals surface area contributed by atoms with Crippen molar-refractivity contribution < 1.29 is 23.8 Å². The lowest BCUT2D eigenvalue weighted by Gasteiger charge is -2.09. The van der Waals surface area contributed by atoms with E-state index >= 15 is 0 Å². The topological polar surface area (TPSA) is 73.9 Å². The molecule has 25 heavy (non-hydrogen) atoms. The third-order valence-corrected chi connectivity index (χ3v) is 4.11. The second-order valence-electron chi connectivity index (χ2n) is 5.07. The first-order valence-electron chi connectivity index (χ1n) is 7.94. The molecule has 1 heterocycles. The summed E-state index contributed by atoms with van der Waals surface area (Å²) in [5, 5.41) is 2.53. The molecule has 6 nitrogen and oxygen atoms in total. The number of aryl methyl sites for hydroxylation is 1. The van der Waals surface area contributed by atoms with E-state index in [1.165, 1.54) is 11.3 Å². The van der Waals surface area contributed by atoms with Crippen molar-refractivity contribution in [3.05, 3.63) is 46.2 Å². The molecule has 2 rings (SSSR count). The van der Waals surface area contributed by atoms with Crippen LogP contribution in [-0.2, 0) is 9.53 Å². The maximum atomic E-state index is 11.8. The minimum atomic E-state index is -0.503. The zero-order valence-corrected chi connectivity index (χ0v) is 15.1. The van der Waals surface area contributed by atoms with Gasteiger partial charge in [-0.05, 0) is 50.2 Å². The Morgan fingerprint density at radius 1 is 1.00 bits per heavy atom. The Balaban J connectivity index is 1.61. The second-order valence-corrected chi connectivity index (χ2v) is 6.35. The zero-order valence-electron chi connectivity index (χ0n) is 14.2. The Morgan fingerprint density at radius 2 is 1.68 bits per heavy atom. The van der Waals surface area contributed by atoms with Gasteiger partial charge in [0, 0.05) is 4.88 Å². The van der Waals surface area contributed by atoms with Crippen molar-refractivity contribution in [1.29, 1.82) is 0 Å². The number of nitrogens with one attached hydrogen (secondary N) is 1. The summed E-state index contributed by atoms with van der Waals surface area (Å²) >= 11 is 1.38. The summed E-state index contributed by atoms with van der Waals surface area (Å²) in [6, 6.07) is 10.8. The number of hydrogen-bond acceptors (Lipinski definition) is 6. The number of hydrogen-bond donors (Lipinski definition) is 1. The largest absolute Gasteiger partial charge is 0.494 e. The SMILES string of the molecule is CCOc1ccc(OCCOC(=O)CNC(=O)c2ccc(C)s2)cc1. The first-order chi connectivity index (χ1) is 12.1. The highest BCUT2D eigenvalue weighted by Crippen LogP contribution is 2.17. The summed E-state index contributed by atoms with van der Waals surface area (Å²) in [5.41, 5.74) is 0. The molecule has 0 saturated carbocycles. The molecule has 2 aromatic rings. The molecule has 0 unspecified atom stereocenters. The monoisotopic (exact) mass is 363 g/mol. The summed E-state index contributed by atoms with van der Waals surface area (Å²) in [6.07, 6.45) is 0. The van der Waals surface area contributed by atoms with Gasteiger partial charge in [0.15, 0.2) is 0 Å². The molecular formula is C18H21NO5S. The molecule has 0 fully saturated rings. The van der Waals surface area contributed by atoms with Crippen LogP contribution in [0.4, 0.5) is 0 Å². The van der Waals surface area contributed by atoms with E-state index in [9.17, 15) is 9.59 Å². The van der Waals surface area contributed by atoms with Crippen LogP contribution in [0.1, 0.15) is 21.5 Å². The van der Waals surface area contributed by atoms with Gasteiger partial charge in [-0.1, -0.05) is 0 Å². The molecule has 0 aliphatic carbocycles. The molecule has 134 valence electrons. The first kappa shape index (κ1) is 18.8. The van der Waals surface area contributed by atoms with Gasteiger partial charge in [-0.2, -0.15) is 0 Å². The molecule has 0 aliphatic heterocycles. The van der Waals surface area contributed by atoms with Crippen LogP contribution in [0.15, 0.2) is 36.4 Å². The molecule has 0 aliphatic rings. The fourth-order valence-electron chi connectivity index (χ4n) is 1.96. The molecule has 7 heteroatoms. The fraction of sp³-hybridized carbons (Fsp3) is 0.333. The second kappa shape index (κ2) is 9.68. The van der Waals surface area contributed by atoms with Crippen molar-refractivity contribution in [3.63, 3.8) is 0 Å². The normalized spacial score (nSPS) is 10.2. The van der Waals surface area contributed by atoms with Crippen molar-refractivity contribution in [2.75, 3.05) is 26.4 Å². The van der Waals surface area contributed by atoms with Crippen LogP contribution in [-0.4, -0.2) is 38.2 Å². The van der Waals surface area contributed by atoms with Crippen LogP contribution < -0.4 is 14.8 Å². The van der Waals surface area contributed by atoms with Crippen LogP contribution in [0.25, 0.3) is 0 Å². The lowest BCUT2D eigenvalue weighted by molar-refractivity contribution is -0.143. The summed E-state index contributed by atoms with van der Waals surface area (Å²) in [6.45, 7) is 4.62. The molecule has 1 aromatic carbocycles. The van der Waals surface area contributed by atoms with E-state index < -0.39 is 5.97 Å². The number of ether oxygens (including phenoxy) is 3. The van der Waals surface area contributed by atoms with Gasteiger partial charge in [0.05, 0.1) is 11.5 Å². The molecule has 0 spiro atoms. The van der Waals surface area contributed by atoms with Crippen LogP contribution in [0.5, 0.6) is 11.5 Å². The summed E-state index contributed by atoms with van der Waals surface area (Å²) in [4.78, 5) is 25.0. The summed E-state index contributed by atoms with van der Waals surface area (Å²) in [7, 11) is 0. The highest BCUT2D eigenvalue weighted by Gasteiger charge is 2.10. The standard InChI is InChI=1S/C18H21NO5S/c1-3-22-14-5-7-15(8-6-14)23-10-11-24-17(20)12-19-18(21)16-9-4-13(2)25-16/h4-9H,3,10-12H2,1-2H3,(H,19,21). The highest BCUT2D eigenvalue weighted by molar-refractivity contribution is 7.13. The van der Waals surface area contributed by atoms with Gasteiger partial charge in [0.2, 0.25) is 0 Å². The van der Waals surface area contributed by atoms with Gasteiger partial charge in [0.1, 0.15) is 31.3 Å². The van der Waals surface area contributed by atoms with Gasteiger partial charge in [-0.25, -0.2) is 0 Å². The Kier molecular flexibility index (Phi) is 7.28. The Bertz CT molecular complexity index is 696. The van der Waals surface area contributed by atoms with Gasteiger partial charge in [-0.3, -0.25) is 9.59 Å². The van der Waals surface area contributed by atoms with E-state index in [0.29, 0.717) is 17.2 Å². The molecule has 0 atom stereocenters.